The molecule has 18 heavy (non-hydrogen) atoms. The van der Waals surface area contributed by atoms with Crippen molar-refractivity contribution in [3.05, 3.63) is 56.2 Å². The van der Waals surface area contributed by atoms with Crippen molar-refractivity contribution in [1.82, 2.24) is 5.32 Å². The van der Waals surface area contributed by atoms with Crippen molar-refractivity contribution >= 4 is 22.9 Å². The van der Waals surface area contributed by atoms with Crippen LogP contribution >= 0.6 is 22.9 Å². The van der Waals surface area contributed by atoms with E-state index in [-0.39, 0.29) is 6.04 Å². The fourth-order valence-electron chi connectivity index (χ4n) is 2.65. The van der Waals surface area contributed by atoms with Crippen LogP contribution in [0, 0.1) is 0 Å². The maximum Gasteiger partial charge on any atom is 0.0669 e. The molecule has 94 valence electrons. The Labute approximate surface area is 117 Å². The zero-order valence-electron chi connectivity index (χ0n) is 10.4. The molecule has 3 heteroatoms. The van der Waals surface area contributed by atoms with Crippen LogP contribution < -0.4 is 5.32 Å². The van der Waals surface area contributed by atoms with Crippen molar-refractivity contribution in [2.75, 3.05) is 7.05 Å². The maximum absolute atomic E-state index is 6.08. The standard InChI is InChI=1S/C15H16ClNS/c1-17-15(11-5-2-6-12(16)8-11)14-9-10-4-3-7-13(10)18-14/h2,5-6,8-9,15,17H,3-4,7H2,1H3. The Morgan fingerprint density at radius 2 is 2.17 bits per heavy atom. The molecular formula is C15H16ClNS. The second-order valence-electron chi connectivity index (χ2n) is 4.73. The highest BCUT2D eigenvalue weighted by Crippen LogP contribution is 2.36. The average Bonchev–Trinajstić information content (AvgIpc) is 2.91. The summed E-state index contributed by atoms with van der Waals surface area (Å²) in [4.78, 5) is 2.98. The Morgan fingerprint density at radius 3 is 2.89 bits per heavy atom. The molecule has 1 aliphatic carbocycles. The molecule has 0 spiro atoms. The number of thiophene rings is 1. The minimum Gasteiger partial charge on any atom is -0.309 e. The van der Waals surface area contributed by atoms with Gasteiger partial charge in [0.1, 0.15) is 0 Å². The summed E-state index contributed by atoms with van der Waals surface area (Å²) in [5.74, 6) is 0. The first kappa shape index (κ1) is 12.2. The number of benzene rings is 1. The Morgan fingerprint density at radius 1 is 1.28 bits per heavy atom. The number of aryl methyl sites for hydroxylation is 2. The van der Waals surface area contributed by atoms with E-state index in [0.717, 1.165) is 5.02 Å². The summed E-state index contributed by atoms with van der Waals surface area (Å²) in [6.45, 7) is 0. The summed E-state index contributed by atoms with van der Waals surface area (Å²) in [5, 5.41) is 4.21. The monoisotopic (exact) mass is 277 g/mol. The van der Waals surface area contributed by atoms with Gasteiger partial charge in [-0.2, -0.15) is 0 Å². The maximum atomic E-state index is 6.08. The van der Waals surface area contributed by atoms with Crippen LogP contribution in [0.2, 0.25) is 5.02 Å². The number of nitrogens with one attached hydrogen (secondary N) is 1. The number of halogens is 1. The SMILES string of the molecule is CNC(c1cccc(Cl)c1)c1cc2c(s1)CCC2. The van der Waals surface area contributed by atoms with Crippen LogP contribution in [-0.2, 0) is 12.8 Å². The molecule has 0 aliphatic heterocycles. The van der Waals surface area contributed by atoms with Crippen LogP contribution in [0.25, 0.3) is 0 Å². The van der Waals surface area contributed by atoms with Gasteiger partial charge in [0.05, 0.1) is 6.04 Å². The van der Waals surface area contributed by atoms with Gasteiger partial charge in [0, 0.05) is 14.8 Å². The van der Waals surface area contributed by atoms with Crippen molar-refractivity contribution < 1.29 is 0 Å². The molecule has 1 unspecified atom stereocenters. The van der Waals surface area contributed by atoms with E-state index in [9.17, 15) is 0 Å². The van der Waals surface area contributed by atoms with Crippen LogP contribution in [0.1, 0.15) is 33.3 Å². The van der Waals surface area contributed by atoms with Crippen LogP contribution in [0.15, 0.2) is 30.3 Å². The lowest BCUT2D eigenvalue weighted by Crippen LogP contribution is -2.16. The van der Waals surface area contributed by atoms with E-state index in [2.05, 4.69) is 17.4 Å². The number of hydrogen-bond acceptors (Lipinski definition) is 2. The lowest BCUT2D eigenvalue weighted by Gasteiger charge is -2.15. The first-order chi connectivity index (χ1) is 8.78. The second kappa shape index (κ2) is 5.04. The van der Waals surface area contributed by atoms with Crippen molar-refractivity contribution in [1.29, 1.82) is 0 Å². The Kier molecular flexibility index (Phi) is 3.42. The van der Waals surface area contributed by atoms with Crippen molar-refractivity contribution in [3.63, 3.8) is 0 Å². The van der Waals surface area contributed by atoms with Crippen molar-refractivity contribution in [2.45, 2.75) is 25.3 Å². The minimum atomic E-state index is 0.263. The summed E-state index contributed by atoms with van der Waals surface area (Å²) in [6, 6.07) is 10.8. The molecule has 0 amide bonds. The molecule has 1 aliphatic rings. The zero-order chi connectivity index (χ0) is 12.5. The van der Waals surface area contributed by atoms with Gasteiger partial charge in [0.2, 0.25) is 0 Å². The van der Waals surface area contributed by atoms with Crippen molar-refractivity contribution in [2.24, 2.45) is 0 Å². The molecule has 1 aromatic heterocycles. The van der Waals surface area contributed by atoms with Gasteiger partial charge >= 0.3 is 0 Å². The third kappa shape index (κ3) is 2.20. The normalized spacial score (nSPS) is 15.7. The van der Waals surface area contributed by atoms with Crippen LogP contribution in [0.5, 0.6) is 0 Å². The van der Waals surface area contributed by atoms with E-state index < -0.39 is 0 Å². The molecule has 1 atom stereocenters. The molecular weight excluding hydrogens is 262 g/mol. The Bertz CT molecular complexity index is 540. The highest BCUT2D eigenvalue weighted by molar-refractivity contribution is 7.12. The number of rotatable bonds is 3. The Hall–Kier alpha value is -0.830. The molecule has 0 radical (unpaired) electrons. The molecule has 0 saturated carbocycles. The van der Waals surface area contributed by atoms with Gasteiger partial charge in [0.25, 0.3) is 0 Å². The van der Waals surface area contributed by atoms with E-state index in [0.29, 0.717) is 0 Å². The predicted molar refractivity (Wildman–Crippen MR) is 78.7 cm³/mol. The summed E-state index contributed by atoms with van der Waals surface area (Å²) in [7, 11) is 2.01. The van der Waals surface area contributed by atoms with Gasteiger partial charge in [0.15, 0.2) is 0 Å². The summed E-state index contributed by atoms with van der Waals surface area (Å²) in [6.07, 6.45) is 3.83. The number of hydrogen-bond donors (Lipinski definition) is 1. The molecule has 0 bridgehead atoms. The molecule has 1 aromatic carbocycles. The summed E-state index contributed by atoms with van der Waals surface area (Å²) >= 11 is 8.03. The fourth-order valence-corrected chi connectivity index (χ4v) is 4.25. The molecule has 3 rings (SSSR count). The van der Waals surface area contributed by atoms with Crippen molar-refractivity contribution in [3.8, 4) is 0 Å². The second-order valence-corrected chi connectivity index (χ2v) is 6.33. The molecule has 0 fully saturated rings. The fraction of sp³-hybridized carbons (Fsp3) is 0.333. The van der Waals surface area contributed by atoms with Gasteiger partial charge in [-0.15, -0.1) is 11.3 Å². The van der Waals surface area contributed by atoms with E-state index >= 15 is 0 Å². The third-order valence-corrected chi connectivity index (χ3v) is 5.06. The topological polar surface area (TPSA) is 12.0 Å². The third-order valence-electron chi connectivity index (χ3n) is 3.52. The van der Waals surface area contributed by atoms with E-state index in [1.165, 1.54) is 29.7 Å². The van der Waals surface area contributed by atoms with E-state index in [4.69, 9.17) is 11.6 Å². The lowest BCUT2D eigenvalue weighted by molar-refractivity contribution is 0.703. The van der Waals surface area contributed by atoms with Gasteiger partial charge in [-0.25, -0.2) is 0 Å². The average molecular weight is 278 g/mol. The van der Waals surface area contributed by atoms with Gasteiger partial charge in [-0.05, 0) is 55.6 Å². The van der Waals surface area contributed by atoms with Crippen LogP contribution in [-0.4, -0.2) is 7.05 Å². The molecule has 1 nitrogen and oxygen atoms in total. The quantitative estimate of drug-likeness (QED) is 0.887. The smallest absolute Gasteiger partial charge is 0.0669 e. The van der Waals surface area contributed by atoms with E-state index in [1.807, 2.05) is 36.6 Å². The summed E-state index contributed by atoms with van der Waals surface area (Å²) in [5.41, 5.74) is 2.79. The van der Waals surface area contributed by atoms with Crippen LogP contribution in [0.3, 0.4) is 0 Å². The van der Waals surface area contributed by atoms with Gasteiger partial charge in [-0.1, -0.05) is 23.7 Å². The Balaban J connectivity index is 1.96. The first-order valence-electron chi connectivity index (χ1n) is 6.32. The summed E-state index contributed by atoms with van der Waals surface area (Å²) < 4.78 is 0. The first-order valence-corrected chi connectivity index (χ1v) is 7.51. The van der Waals surface area contributed by atoms with E-state index in [1.54, 1.807) is 10.4 Å². The van der Waals surface area contributed by atoms with Gasteiger partial charge < -0.3 is 5.32 Å². The minimum absolute atomic E-state index is 0.263. The molecule has 1 N–H and O–H groups in total. The highest BCUT2D eigenvalue weighted by Gasteiger charge is 2.20. The predicted octanol–water partition coefficient (Wildman–Crippen LogP) is 4.20. The number of fused-ring (bicyclic) bond motifs is 1. The van der Waals surface area contributed by atoms with Crippen LogP contribution in [0.4, 0.5) is 0 Å². The molecule has 1 heterocycles. The lowest BCUT2D eigenvalue weighted by atomic mass is 10.0. The molecule has 0 saturated heterocycles. The molecule has 2 aromatic rings. The zero-order valence-corrected chi connectivity index (χ0v) is 11.9. The van der Waals surface area contributed by atoms with Gasteiger partial charge in [-0.3, -0.25) is 0 Å². The highest BCUT2D eigenvalue weighted by atomic mass is 35.5. The largest absolute Gasteiger partial charge is 0.309 e.